The Labute approximate surface area is 399 Å². The van der Waals surface area contributed by atoms with Crippen LogP contribution in [0.1, 0.15) is 323 Å². The molecule has 6 heteroatoms. The Morgan fingerprint density at radius 1 is 0.297 bits per heavy atom. The summed E-state index contributed by atoms with van der Waals surface area (Å²) in [5.74, 6) is -0.863. The summed E-state index contributed by atoms with van der Waals surface area (Å²) in [6, 6.07) is 0. The van der Waals surface area contributed by atoms with E-state index in [0.29, 0.717) is 19.3 Å². The summed E-state index contributed by atoms with van der Waals surface area (Å²) in [6.45, 7) is 6.62. The summed E-state index contributed by atoms with van der Waals surface area (Å²) in [7, 11) is 0. The second kappa shape index (κ2) is 53.8. The predicted molar refractivity (Wildman–Crippen MR) is 275 cm³/mol. The van der Waals surface area contributed by atoms with Crippen molar-refractivity contribution in [3.05, 3.63) is 12.2 Å². The van der Waals surface area contributed by atoms with Gasteiger partial charge in [0.15, 0.2) is 6.10 Å². The Bertz CT molecular complexity index is 993. The van der Waals surface area contributed by atoms with Crippen molar-refractivity contribution in [3.8, 4) is 0 Å². The van der Waals surface area contributed by atoms with Crippen LogP contribution in [0.2, 0.25) is 0 Å². The molecular weight excluding hydrogens is 793 g/mol. The molecule has 0 rings (SSSR count). The molecule has 0 spiro atoms. The molecule has 1 unspecified atom stereocenters. The molecule has 0 aromatic carbocycles. The Morgan fingerprint density at radius 2 is 0.531 bits per heavy atom. The van der Waals surface area contributed by atoms with Crippen molar-refractivity contribution in [1.82, 2.24) is 0 Å². The van der Waals surface area contributed by atoms with Crippen LogP contribution < -0.4 is 0 Å². The van der Waals surface area contributed by atoms with Gasteiger partial charge in [-0.15, -0.1) is 0 Å². The fraction of sp³-hybridized carbons (Fsp3) is 0.914. The average molecular weight is 904 g/mol. The highest BCUT2D eigenvalue weighted by Crippen LogP contribution is 2.17. The predicted octanol–water partition coefficient (Wildman–Crippen LogP) is 18.9. The first-order chi connectivity index (χ1) is 31.5. The van der Waals surface area contributed by atoms with E-state index in [1.165, 1.54) is 218 Å². The number of hydrogen-bond donors (Lipinski definition) is 0. The number of hydrogen-bond acceptors (Lipinski definition) is 6. The maximum atomic E-state index is 12.7. The van der Waals surface area contributed by atoms with E-state index in [2.05, 4.69) is 32.9 Å². The van der Waals surface area contributed by atoms with Crippen LogP contribution in [-0.4, -0.2) is 37.2 Å². The van der Waals surface area contributed by atoms with Gasteiger partial charge in [0, 0.05) is 19.3 Å². The summed E-state index contributed by atoms with van der Waals surface area (Å²) in [4.78, 5) is 37.9. The lowest BCUT2D eigenvalue weighted by atomic mass is 10.0. The standard InChI is InChI=1S/C58H110O6/c1-4-7-10-13-16-19-21-22-23-24-25-26-27-28-29-30-31-32-33-34-35-37-39-42-45-48-51-57(60)63-54-55(53-62-56(59)50-47-44-41-38-18-15-12-9-6-3)64-58(61)52-49-46-43-40-36-20-17-14-11-8-5-2/h14,17,55H,4-13,15-16,18-54H2,1-3H3/b17-14-. The molecule has 1 atom stereocenters. The Balaban J connectivity index is 4.05. The number of ether oxygens (including phenoxy) is 3. The summed E-state index contributed by atoms with van der Waals surface area (Å²) < 4.78 is 16.8. The van der Waals surface area contributed by atoms with Crippen molar-refractivity contribution in [3.63, 3.8) is 0 Å². The van der Waals surface area contributed by atoms with Gasteiger partial charge in [0.25, 0.3) is 0 Å². The number of allylic oxidation sites excluding steroid dienone is 2. The second-order valence-corrected chi connectivity index (χ2v) is 19.6. The molecule has 64 heavy (non-hydrogen) atoms. The monoisotopic (exact) mass is 903 g/mol. The van der Waals surface area contributed by atoms with Crippen LogP contribution in [0.15, 0.2) is 12.2 Å². The van der Waals surface area contributed by atoms with E-state index >= 15 is 0 Å². The molecule has 0 radical (unpaired) electrons. The number of esters is 3. The summed E-state index contributed by atoms with van der Waals surface area (Å²) >= 11 is 0. The number of unbranched alkanes of at least 4 members (excludes halogenated alkanes) is 40. The smallest absolute Gasteiger partial charge is 0.306 e. The third-order valence-electron chi connectivity index (χ3n) is 13.0. The zero-order valence-corrected chi connectivity index (χ0v) is 43.3. The van der Waals surface area contributed by atoms with Crippen LogP contribution in [0.25, 0.3) is 0 Å². The van der Waals surface area contributed by atoms with E-state index in [-0.39, 0.29) is 31.1 Å². The van der Waals surface area contributed by atoms with E-state index in [4.69, 9.17) is 14.2 Å². The van der Waals surface area contributed by atoms with Crippen LogP contribution in [-0.2, 0) is 28.6 Å². The largest absolute Gasteiger partial charge is 0.462 e. The van der Waals surface area contributed by atoms with Crippen LogP contribution in [0.5, 0.6) is 0 Å². The maximum absolute atomic E-state index is 12.7. The highest BCUT2D eigenvalue weighted by molar-refractivity contribution is 5.71. The minimum atomic E-state index is -0.767. The van der Waals surface area contributed by atoms with Crippen molar-refractivity contribution >= 4 is 17.9 Å². The highest BCUT2D eigenvalue weighted by atomic mass is 16.6. The first-order valence-corrected chi connectivity index (χ1v) is 28.7. The minimum Gasteiger partial charge on any atom is -0.462 e. The van der Waals surface area contributed by atoms with Crippen molar-refractivity contribution in [2.45, 2.75) is 329 Å². The third kappa shape index (κ3) is 51.1. The lowest BCUT2D eigenvalue weighted by molar-refractivity contribution is -0.167. The third-order valence-corrected chi connectivity index (χ3v) is 13.0. The SMILES string of the molecule is CCCC/C=C\CCCCCCCC(=O)OC(COC(=O)CCCCCCCCCCC)COC(=O)CCCCCCCCCCCCCCCCCCCCCCCCCCCC. The number of carbonyl (C=O) groups excluding carboxylic acids is 3. The van der Waals surface area contributed by atoms with E-state index in [0.717, 1.165) is 64.2 Å². The van der Waals surface area contributed by atoms with Crippen molar-refractivity contribution in [2.24, 2.45) is 0 Å². The number of rotatable bonds is 53. The molecule has 0 aromatic heterocycles. The highest BCUT2D eigenvalue weighted by Gasteiger charge is 2.19. The van der Waals surface area contributed by atoms with E-state index in [1.54, 1.807) is 0 Å². The minimum absolute atomic E-state index is 0.0683. The molecule has 0 aliphatic rings. The van der Waals surface area contributed by atoms with Gasteiger partial charge in [0.2, 0.25) is 0 Å². The Morgan fingerprint density at radius 3 is 0.828 bits per heavy atom. The molecule has 0 aliphatic carbocycles. The molecule has 0 bridgehead atoms. The molecule has 0 saturated carbocycles. The molecule has 0 N–H and O–H groups in total. The van der Waals surface area contributed by atoms with E-state index in [9.17, 15) is 14.4 Å². The van der Waals surface area contributed by atoms with Gasteiger partial charge in [-0.2, -0.15) is 0 Å². The maximum Gasteiger partial charge on any atom is 0.306 e. The van der Waals surface area contributed by atoms with Gasteiger partial charge in [-0.05, 0) is 38.5 Å². The normalized spacial score (nSPS) is 12.0. The zero-order valence-electron chi connectivity index (χ0n) is 43.3. The fourth-order valence-electron chi connectivity index (χ4n) is 8.66. The molecule has 0 aromatic rings. The Hall–Kier alpha value is -1.85. The second-order valence-electron chi connectivity index (χ2n) is 19.6. The Kier molecular flexibility index (Phi) is 52.2. The topological polar surface area (TPSA) is 78.9 Å². The van der Waals surface area contributed by atoms with Crippen LogP contribution in [0, 0.1) is 0 Å². The van der Waals surface area contributed by atoms with Crippen LogP contribution in [0.3, 0.4) is 0 Å². The van der Waals surface area contributed by atoms with E-state index < -0.39 is 6.10 Å². The molecule has 378 valence electrons. The molecule has 0 heterocycles. The molecular formula is C58H110O6. The summed E-state index contributed by atoms with van der Waals surface area (Å²) in [5, 5.41) is 0. The first-order valence-electron chi connectivity index (χ1n) is 28.7. The van der Waals surface area contributed by atoms with Gasteiger partial charge in [-0.3, -0.25) is 14.4 Å². The summed E-state index contributed by atoms with van der Waals surface area (Å²) in [5.41, 5.74) is 0. The van der Waals surface area contributed by atoms with Crippen LogP contribution in [0.4, 0.5) is 0 Å². The average Bonchev–Trinajstić information content (AvgIpc) is 3.29. The molecule has 0 fully saturated rings. The van der Waals surface area contributed by atoms with Gasteiger partial charge >= 0.3 is 17.9 Å². The van der Waals surface area contributed by atoms with Crippen molar-refractivity contribution in [2.75, 3.05) is 13.2 Å². The van der Waals surface area contributed by atoms with Gasteiger partial charge in [-0.1, -0.05) is 277 Å². The van der Waals surface area contributed by atoms with Crippen molar-refractivity contribution < 1.29 is 28.6 Å². The van der Waals surface area contributed by atoms with E-state index in [1.807, 2.05) is 0 Å². The first kappa shape index (κ1) is 62.1. The van der Waals surface area contributed by atoms with Gasteiger partial charge in [0.05, 0.1) is 0 Å². The molecule has 6 nitrogen and oxygen atoms in total. The fourth-order valence-corrected chi connectivity index (χ4v) is 8.66. The van der Waals surface area contributed by atoms with Gasteiger partial charge < -0.3 is 14.2 Å². The zero-order chi connectivity index (χ0) is 46.5. The van der Waals surface area contributed by atoms with Crippen molar-refractivity contribution in [1.29, 1.82) is 0 Å². The number of carbonyl (C=O) groups is 3. The lowest BCUT2D eigenvalue weighted by Crippen LogP contribution is -2.30. The quantitative estimate of drug-likeness (QED) is 0.0262. The molecule has 0 amide bonds. The van der Waals surface area contributed by atoms with Gasteiger partial charge in [0.1, 0.15) is 13.2 Å². The molecule has 0 aliphatic heterocycles. The lowest BCUT2D eigenvalue weighted by Gasteiger charge is -2.18. The summed E-state index contributed by atoms with van der Waals surface area (Å²) in [6.07, 6.45) is 60.9. The van der Waals surface area contributed by atoms with Gasteiger partial charge in [-0.25, -0.2) is 0 Å². The molecule has 0 saturated heterocycles. The van der Waals surface area contributed by atoms with Crippen LogP contribution >= 0.6 is 0 Å².